The Morgan fingerprint density at radius 3 is 2.17 bits per heavy atom. The summed E-state index contributed by atoms with van der Waals surface area (Å²) in [6, 6.07) is 25.0. The van der Waals surface area contributed by atoms with Crippen LogP contribution in [0.3, 0.4) is 0 Å². The maximum absolute atomic E-state index is 13.3. The molecule has 0 fully saturated rings. The molecular formula is C23H18FN3OS. The summed E-state index contributed by atoms with van der Waals surface area (Å²) < 4.78 is 15.1. The first-order chi connectivity index (χ1) is 14.1. The van der Waals surface area contributed by atoms with Crippen molar-refractivity contribution >= 4 is 17.5 Å². The number of Topliss-reactive ketones (excluding diaryl/α,β-unsaturated/α-hetero) is 1. The number of halogens is 1. The lowest BCUT2D eigenvalue weighted by atomic mass is 10.0. The van der Waals surface area contributed by atoms with Gasteiger partial charge in [-0.15, -0.1) is 10.2 Å². The van der Waals surface area contributed by atoms with Gasteiger partial charge in [-0.1, -0.05) is 72.4 Å². The zero-order chi connectivity index (χ0) is 20.2. The molecule has 29 heavy (non-hydrogen) atoms. The van der Waals surface area contributed by atoms with Gasteiger partial charge in [-0.3, -0.25) is 4.79 Å². The van der Waals surface area contributed by atoms with Crippen molar-refractivity contribution in [2.24, 2.45) is 7.05 Å². The van der Waals surface area contributed by atoms with Crippen molar-refractivity contribution < 1.29 is 9.18 Å². The third-order valence-electron chi connectivity index (χ3n) is 4.56. The van der Waals surface area contributed by atoms with Crippen molar-refractivity contribution in [1.29, 1.82) is 0 Å². The molecule has 1 atom stereocenters. The van der Waals surface area contributed by atoms with Crippen molar-refractivity contribution in [3.8, 4) is 11.4 Å². The second-order valence-corrected chi connectivity index (χ2v) is 7.58. The topological polar surface area (TPSA) is 47.8 Å². The number of benzene rings is 3. The molecule has 6 heteroatoms. The first kappa shape index (κ1) is 19.1. The Morgan fingerprint density at radius 2 is 1.52 bits per heavy atom. The van der Waals surface area contributed by atoms with E-state index in [9.17, 15) is 9.18 Å². The number of hydrogen-bond donors (Lipinski definition) is 0. The molecule has 0 bridgehead atoms. The number of hydrogen-bond acceptors (Lipinski definition) is 4. The highest BCUT2D eigenvalue weighted by molar-refractivity contribution is 8.00. The summed E-state index contributed by atoms with van der Waals surface area (Å²) >= 11 is 1.36. The fraction of sp³-hybridized carbons (Fsp3) is 0.0870. The van der Waals surface area contributed by atoms with Gasteiger partial charge in [0.25, 0.3) is 0 Å². The van der Waals surface area contributed by atoms with E-state index in [-0.39, 0.29) is 11.6 Å². The molecule has 0 aliphatic heterocycles. The van der Waals surface area contributed by atoms with Crippen molar-refractivity contribution in [1.82, 2.24) is 14.8 Å². The maximum atomic E-state index is 13.3. The van der Waals surface area contributed by atoms with Gasteiger partial charge in [-0.2, -0.15) is 0 Å². The molecule has 0 N–H and O–H groups in total. The fourth-order valence-electron chi connectivity index (χ4n) is 3.03. The lowest BCUT2D eigenvalue weighted by molar-refractivity contribution is 0.0989. The molecule has 4 nitrogen and oxygen atoms in total. The zero-order valence-corrected chi connectivity index (χ0v) is 16.5. The highest BCUT2D eigenvalue weighted by Gasteiger charge is 2.26. The molecule has 0 radical (unpaired) electrons. The molecule has 0 amide bonds. The van der Waals surface area contributed by atoms with Crippen LogP contribution in [-0.2, 0) is 7.05 Å². The van der Waals surface area contributed by atoms with Crippen molar-refractivity contribution in [3.63, 3.8) is 0 Å². The van der Waals surface area contributed by atoms with Gasteiger partial charge in [-0.25, -0.2) is 4.39 Å². The third kappa shape index (κ3) is 4.12. The Hall–Kier alpha value is -3.25. The molecule has 0 aliphatic carbocycles. The third-order valence-corrected chi connectivity index (χ3v) is 5.85. The van der Waals surface area contributed by atoms with E-state index in [1.807, 2.05) is 72.3 Å². The van der Waals surface area contributed by atoms with Gasteiger partial charge in [0.1, 0.15) is 11.1 Å². The van der Waals surface area contributed by atoms with Gasteiger partial charge < -0.3 is 4.57 Å². The Bertz CT molecular complexity index is 1110. The summed E-state index contributed by atoms with van der Waals surface area (Å²) in [5, 5.41) is 8.70. The Labute approximate surface area is 172 Å². The Morgan fingerprint density at radius 1 is 0.897 bits per heavy atom. The molecular weight excluding hydrogens is 385 g/mol. The van der Waals surface area contributed by atoms with E-state index in [0.29, 0.717) is 16.5 Å². The minimum atomic E-state index is -0.456. The number of nitrogens with zero attached hydrogens (tertiary/aromatic N) is 3. The van der Waals surface area contributed by atoms with Crippen LogP contribution in [0, 0.1) is 5.82 Å². The van der Waals surface area contributed by atoms with E-state index in [1.54, 1.807) is 12.1 Å². The van der Waals surface area contributed by atoms with E-state index in [2.05, 4.69) is 10.2 Å². The minimum absolute atomic E-state index is 0.00753. The highest BCUT2D eigenvalue weighted by atomic mass is 32.2. The van der Waals surface area contributed by atoms with Crippen molar-refractivity contribution in [2.45, 2.75) is 10.4 Å². The summed E-state index contributed by atoms with van der Waals surface area (Å²) in [6.07, 6.45) is 0. The van der Waals surface area contributed by atoms with Gasteiger partial charge in [0.2, 0.25) is 0 Å². The van der Waals surface area contributed by atoms with Crippen LogP contribution >= 0.6 is 11.8 Å². The van der Waals surface area contributed by atoms with Crippen LogP contribution in [0.2, 0.25) is 0 Å². The van der Waals surface area contributed by atoms with Crippen LogP contribution < -0.4 is 0 Å². The second kappa shape index (κ2) is 8.41. The normalized spacial score (nSPS) is 11.9. The molecule has 4 rings (SSSR count). The first-order valence-electron chi connectivity index (χ1n) is 9.09. The predicted octanol–water partition coefficient (Wildman–Crippen LogP) is 5.34. The van der Waals surface area contributed by atoms with E-state index in [4.69, 9.17) is 0 Å². The quantitative estimate of drug-likeness (QED) is 0.322. The Balaban J connectivity index is 1.68. The van der Waals surface area contributed by atoms with Crippen LogP contribution in [0.15, 0.2) is 90.1 Å². The average molecular weight is 403 g/mol. The van der Waals surface area contributed by atoms with Crippen molar-refractivity contribution in [2.75, 3.05) is 0 Å². The molecule has 0 saturated carbocycles. The van der Waals surface area contributed by atoms with Gasteiger partial charge in [-0.05, 0) is 29.8 Å². The minimum Gasteiger partial charge on any atom is -0.305 e. The van der Waals surface area contributed by atoms with Crippen molar-refractivity contribution in [3.05, 3.63) is 102 Å². The van der Waals surface area contributed by atoms with E-state index in [0.717, 1.165) is 11.1 Å². The molecule has 1 heterocycles. The average Bonchev–Trinajstić information content (AvgIpc) is 3.13. The lowest BCUT2D eigenvalue weighted by Gasteiger charge is -2.15. The van der Waals surface area contributed by atoms with Crippen LogP contribution in [-0.4, -0.2) is 20.5 Å². The van der Waals surface area contributed by atoms with Gasteiger partial charge in [0.15, 0.2) is 16.8 Å². The molecule has 1 aromatic heterocycles. The fourth-order valence-corrected chi connectivity index (χ4v) is 4.11. The molecule has 1 unspecified atom stereocenters. The number of thioether (sulfide) groups is 1. The largest absolute Gasteiger partial charge is 0.305 e. The second-order valence-electron chi connectivity index (χ2n) is 6.51. The smallest absolute Gasteiger partial charge is 0.192 e. The maximum Gasteiger partial charge on any atom is 0.192 e. The summed E-state index contributed by atoms with van der Waals surface area (Å²) in [7, 11) is 1.84. The predicted molar refractivity (Wildman–Crippen MR) is 112 cm³/mol. The Kier molecular flexibility index (Phi) is 5.53. The standard InChI is InChI=1S/C23H18FN3OS/c1-27-22(18-12-14-19(24)15-13-18)25-26-23(27)29-21(17-10-6-3-7-11-17)20(28)16-8-4-2-5-9-16/h2-15,21H,1H3. The number of aromatic nitrogens is 3. The number of rotatable bonds is 6. The lowest BCUT2D eigenvalue weighted by Crippen LogP contribution is -2.11. The van der Waals surface area contributed by atoms with Crippen LogP contribution in [0.1, 0.15) is 21.2 Å². The molecule has 4 aromatic rings. The SMILES string of the molecule is Cn1c(SC(C(=O)c2ccccc2)c2ccccc2)nnc1-c1ccc(F)cc1. The van der Waals surface area contributed by atoms with Gasteiger partial charge in [0, 0.05) is 18.2 Å². The summed E-state index contributed by atoms with van der Waals surface area (Å²) in [5.41, 5.74) is 2.31. The van der Waals surface area contributed by atoms with Crippen LogP contribution in [0.25, 0.3) is 11.4 Å². The number of carbonyl (C=O) groups excluding carboxylic acids is 1. The monoisotopic (exact) mass is 403 g/mol. The number of ketones is 1. The van der Waals surface area contributed by atoms with Gasteiger partial charge in [0.05, 0.1) is 0 Å². The summed E-state index contributed by atoms with van der Waals surface area (Å²) in [6.45, 7) is 0. The summed E-state index contributed by atoms with van der Waals surface area (Å²) in [5.74, 6) is 0.322. The zero-order valence-electron chi connectivity index (χ0n) is 15.7. The van der Waals surface area contributed by atoms with E-state index in [1.165, 1.54) is 23.9 Å². The van der Waals surface area contributed by atoms with E-state index >= 15 is 0 Å². The molecule has 3 aromatic carbocycles. The van der Waals surface area contributed by atoms with Crippen LogP contribution in [0.5, 0.6) is 0 Å². The van der Waals surface area contributed by atoms with E-state index < -0.39 is 5.25 Å². The molecule has 0 saturated heterocycles. The number of carbonyl (C=O) groups is 1. The molecule has 0 spiro atoms. The molecule has 0 aliphatic rings. The van der Waals surface area contributed by atoms with Crippen LogP contribution in [0.4, 0.5) is 4.39 Å². The highest BCUT2D eigenvalue weighted by Crippen LogP contribution is 2.37. The first-order valence-corrected chi connectivity index (χ1v) is 9.97. The summed E-state index contributed by atoms with van der Waals surface area (Å²) in [4.78, 5) is 13.3. The molecule has 144 valence electrons. The van der Waals surface area contributed by atoms with Gasteiger partial charge >= 0.3 is 0 Å².